The van der Waals surface area contributed by atoms with Gasteiger partial charge in [-0.1, -0.05) is 0 Å². The fourth-order valence-electron chi connectivity index (χ4n) is 2.48. The first-order valence-corrected chi connectivity index (χ1v) is 6.75. The predicted octanol–water partition coefficient (Wildman–Crippen LogP) is 2.56. The molecule has 0 aromatic heterocycles. The van der Waals surface area contributed by atoms with Gasteiger partial charge in [0.2, 0.25) is 0 Å². The summed E-state index contributed by atoms with van der Waals surface area (Å²) < 4.78 is 11.3. The second kappa shape index (κ2) is 6.10. The van der Waals surface area contributed by atoms with Crippen LogP contribution in [-0.2, 0) is 12.8 Å². The topological polar surface area (TPSA) is 30.5 Å². The molecule has 0 saturated carbocycles. The van der Waals surface area contributed by atoms with Gasteiger partial charge in [-0.15, -0.1) is 0 Å². The second-order valence-corrected chi connectivity index (χ2v) is 4.97. The van der Waals surface area contributed by atoms with E-state index in [1.165, 1.54) is 24.0 Å². The molecule has 1 N–H and O–H groups in total. The molecule has 1 aliphatic heterocycles. The van der Waals surface area contributed by atoms with Gasteiger partial charge in [-0.2, -0.15) is 0 Å². The summed E-state index contributed by atoms with van der Waals surface area (Å²) in [4.78, 5) is 0. The standard InChI is InChI=1S/C15H23NO2/c1-11-8-13-10-14(17-3)12(9-15(13)18-11)6-4-5-7-16-2/h9-11,16H,4-8H2,1-3H3. The third kappa shape index (κ3) is 2.96. The fourth-order valence-corrected chi connectivity index (χ4v) is 2.48. The lowest BCUT2D eigenvalue weighted by Crippen LogP contribution is -2.07. The van der Waals surface area contributed by atoms with Crippen molar-refractivity contribution in [2.24, 2.45) is 0 Å². The van der Waals surface area contributed by atoms with Crippen LogP contribution in [0.5, 0.6) is 11.5 Å². The molecule has 18 heavy (non-hydrogen) atoms. The molecule has 0 bridgehead atoms. The normalized spacial score (nSPS) is 17.4. The monoisotopic (exact) mass is 249 g/mol. The Kier molecular flexibility index (Phi) is 4.48. The minimum atomic E-state index is 0.296. The van der Waals surface area contributed by atoms with E-state index in [1.807, 2.05) is 7.05 Å². The average Bonchev–Trinajstić information content (AvgIpc) is 2.72. The predicted molar refractivity (Wildman–Crippen MR) is 73.7 cm³/mol. The number of methoxy groups -OCH3 is 1. The number of unbranched alkanes of at least 4 members (excludes halogenated alkanes) is 1. The van der Waals surface area contributed by atoms with Gasteiger partial charge in [0, 0.05) is 12.0 Å². The van der Waals surface area contributed by atoms with E-state index in [0.717, 1.165) is 30.9 Å². The lowest BCUT2D eigenvalue weighted by atomic mass is 10.0. The average molecular weight is 249 g/mol. The van der Waals surface area contributed by atoms with Gasteiger partial charge >= 0.3 is 0 Å². The molecule has 3 nitrogen and oxygen atoms in total. The number of fused-ring (bicyclic) bond motifs is 1. The lowest BCUT2D eigenvalue weighted by Gasteiger charge is -2.11. The Bertz CT molecular complexity index is 404. The maximum Gasteiger partial charge on any atom is 0.123 e. The molecule has 0 spiro atoms. The van der Waals surface area contributed by atoms with E-state index in [4.69, 9.17) is 9.47 Å². The molecule has 1 aliphatic rings. The Labute approximate surface area is 109 Å². The summed E-state index contributed by atoms with van der Waals surface area (Å²) in [5.74, 6) is 2.06. The van der Waals surface area contributed by atoms with Crippen LogP contribution in [0.2, 0.25) is 0 Å². The van der Waals surface area contributed by atoms with Crippen molar-refractivity contribution in [3.8, 4) is 11.5 Å². The number of hydrogen-bond acceptors (Lipinski definition) is 3. The van der Waals surface area contributed by atoms with Crippen LogP contribution in [-0.4, -0.2) is 26.8 Å². The highest BCUT2D eigenvalue weighted by Gasteiger charge is 2.21. The Balaban J connectivity index is 2.07. The summed E-state index contributed by atoms with van der Waals surface area (Å²) in [6, 6.07) is 4.31. The molecule has 0 radical (unpaired) electrons. The molecule has 1 atom stereocenters. The third-order valence-electron chi connectivity index (χ3n) is 3.42. The van der Waals surface area contributed by atoms with E-state index in [-0.39, 0.29) is 0 Å². The smallest absolute Gasteiger partial charge is 0.123 e. The van der Waals surface area contributed by atoms with E-state index in [2.05, 4.69) is 24.4 Å². The highest BCUT2D eigenvalue weighted by atomic mass is 16.5. The summed E-state index contributed by atoms with van der Waals surface area (Å²) in [6.45, 7) is 3.18. The molecule has 1 aromatic rings. The van der Waals surface area contributed by atoms with Crippen LogP contribution >= 0.6 is 0 Å². The lowest BCUT2D eigenvalue weighted by molar-refractivity contribution is 0.254. The van der Waals surface area contributed by atoms with E-state index in [9.17, 15) is 0 Å². The minimum Gasteiger partial charge on any atom is -0.496 e. The van der Waals surface area contributed by atoms with Gasteiger partial charge in [0.25, 0.3) is 0 Å². The van der Waals surface area contributed by atoms with Gasteiger partial charge in [-0.25, -0.2) is 0 Å². The largest absolute Gasteiger partial charge is 0.496 e. The zero-order valence-electron chi connectivity index (χ0n) is 11.6. The Hall–Kier alpha value is -1.22. The minimum absolute atomic E-state index is 0.296. The quantitative estimate of drug-likeness (QED) is 0.786. The molecule has 0 aliphatic carbocycles. The maximum absolute atomic E-state index is 5.81. The summed E-state index contributed by atoms with van der Waals surface area (Å²) in [6.07, 6.45) is 4.70. The van der Waals surface area contributed by atoms with Crippen molar-refractivity contribution < 1.29 is 9.47 Å². The summed E-state index contributed by atoms with van der Waals surface area (Å²) in [5.41, 5.74) is 2.54. The number of hydrogen-bond donors (Lipinski definition) is 1. The first kappa shape index (κ1) is 13.2. The fraction of sp³-hybridized carbons (Fsp3) is 0.600. The highest BCUT2D eigenvalue weighted by molar-refractivity contribution is 5.48. The van der Waals surface area contributed by atoms with E-state index in [1.54, 1.807) is 7.11 Å². The van der Waals surface area contributed by atoms with E-state index >= 15 is 0 Å². The zero-order valence-corrected chi connectivity index (χ0v) is 11.6. The van der Waals surface area contributed by atoms with Crippen molar-refractivity contribution in [1.29, 1.82) is 0 Å². The molecule has 2 rings (SSSR count). The summed E-state index contributed by atoms with van der Waals surface area (Å²) >= 11 is 0. The van der Waals surface area contributed by atoms with Crippen LogP contribution in [0.15, 0.2) is 12.1 Å². The van der Waals surface area contributed by atoms with Crippen molar-refractivity contribution >= 4 is 0 Å². The molecule has 0 amide bonds. The van der Waals surface area contributed by atoms with Crippen LogP contribution in [0.4, 0.5) is 0 Å². The van der Waals surface area contributed by atoms with Gasteiger partial charge in [0.15, 0.2) is 0 Å². The van der Waals surface area contributed by atoms with Gasteiger partial charge < -0.3 is 14.8 Å². The third-order valence-corrected chi connectivity index (χ3v) is 3.42. The molecular weight excluding hydrogens is 226 g/mol. The molecule has 0 saturated heterocycles. The molecule has 1 aromatic carbocycles. The first-order valence-electron chi connectivity index (χ1n) is 6.75. The number of ether oxygens (including phenoxy) is 2. The van der Waals surface area contributed by atoms with E-state index < -0.39 is 0 Å². The molecule has 3 heteroatoms. The van der Waals surface area contributed by atoms with Crippen LogP contribution < -0.4 is 14.8 Å². The summed E-state index contributed by atoms with van der Waals surface area (Å²) in [7, 11) is 3.74. The maximum atomic E-state index is 5.81. The molecule has 1 heterocycles. The molecular formula is C15H23NO2. The van der Waals surface area contributed by atoms with Crippen LogP contribution in [0.25, 0.3) is 0 Å². The van der Waals surface area contributed by atoms with E-state index in [0.29, 0.717) is 6.10 Å². The number of benzene rings is 1. The van der Waals surface area contributed by atoms with Gasteiger partial charge in [-0.3, -0.25) is 0 Å². The van der Waals surface area contributed by atoms with Crippen LogP contribution in [0.3, 0.4) is 0 Å². The zero-order chi connectivity index (χ0) is 13.0. The van der Waals surface area contributed by atoms with Crippen molar-refractivity contribution in [2.45, 2.75) is 38.7 Å². The second-order valence-electron chi connectivity index (χ2n) is 4.97. The molecule has 1 unspecified atom stereocenters. The Morgan fingerprint density at radius 3 is 2.94 bits per heavy atom. The number of aryl methyl sites for hydroxylation is 1. The van der Waals surface area contributed by atoms with Gasteiger partial charge in [-0.05, 0) is 57.5 Å². The molecule has 0 fully saturated rings. The van der Waals surface area contributed by atoms with Crippen molar-refractivity contribution in [1.82, 2.24) is 5.32 Å². The number of nitrogens with one attached hydrogen (secondary N) is 1. The van der Waals surface area contributed by atoms with Crippen molar-refractivity contribution in [3.63, 3.8) is 0 Å². The van der Waals surface area contributed by atoms with Crippen LogP contribution in [0.1, 0.15) is 30.9 Å². The first-order chi connectivity index (χ1) is 8.74. The Morgan fingerprint density at radius 1 is 1.39 bits per heavy atom. The number of rotatable bonds is 6. The van der Waals surface area contributed by atoms with Gasteiger partial charge in [0.1, 0.15) is 17.6 Å². The SMILES string of the molecule is CNCCCCc1cc2c(cc1OC)CC(C)O2. The molecule has 100 valence electrons. The van der Waals surface area contributed by atoms with Crippen molar-refractivity contribution in [3.05, 3.63) is 23.3 Å². The van der Waals surface area contributed by atoms with Crippen molar-refractivity contribution in [2.75, 3.05) is 20.7 Å². The Morgan fingerprint density at radius 2 is 2.22 bits per heavy atom. The van der Waals surface area contributed by atoms with Crippen LogP contribution in [0, 0.1) is 0 Å². The van der Waals surface area contributed by atoms with Gasteiger partial charge in [0.05, 0.1) is 7.11 Å². The highest BCUT2D eigenvalue weighted by Crippen LogP contribution is 2.35. The summed E-state index contributed by atoms with van der Waals surface area (Å²) in [5, 5.41) is 3.17.